The molecule has 1 fully saturated rings. The molecular formula is C14H18Cl2FNO2S. The number of benzene rings is 1. The minimum Gasteiger partial charge on any atom is -0.207 e. The summed E-state index contributed by atoms with van der Waals surface area (Å²) in [6, 6.07) is 2.33. The monoisotopic (exact) mass is 353 g/mol. The molecular weight excluding hydrogens is 336 g/mol. The standard InChI is InChI=1S/C14H18Cl2FNO2S/c1-9-3-10(2)8-18(7-9)21(19,20)12-4-11(6-15)14(16)13(17)5-12/h4-5,9-10H,3,6-8H2,1-2H3. The maximum atomic E-state index is 13.8. The first-order chi connectivity index (χ1) is 9.75. The molecule has 1 heterocycles. The molecule has 0 N–H and O–H groups in total. The molecule has 2 unspecified atom stereocenters. The third-order valence-electron chi connectivity index (χ3n) is 3.69. The van der Waals surface area contributed by atoms with Crippen LogP contribution in [0.25, 0.3) is 0 Å². The van der Waals surface area contributed by atoms with E-state index in [0.29, 0.717) is 13.1 Å². The zero-order chi connectivity index (χ0) is 15.8. The third kappa shape index (κ3) is 3.52. The summed E-state index contributed by atoms with van der Waals surface area (Å²) in [6.45, 7) is 4.94. The molecule has 0 radical (unpaired) electrons. The quantitative estimate of drug-likeness (QED) is 0.773. The molecule has 3 nitrogen and oxygen atoms in total. The molecule has 0 aliphatic carbocycles. The molecule has 0 amide bonds. The third-order valence-corrected chi connectivity index (χ3v) is 6.21. The summed E-state index contributed by atoms with van der Waals surface area (Å²) in [5.41, 5.74) is 0.287. The minimum absolute atomic E-state index is 0.0358. The van der Waals surface area contributed by atoms with Gasteiger partial charge in [0.25, 0.3) is 0 Å². The predicted molar refractivity (Wildman–Crippen MR) is 82.7 cm³/mol. The Morgan fingerprint density at radius 3 is 2.38 bits per heavy atom. The first kappa shape index (κ1) is 17.0. The first-order valence-corrected chi connectivity index (χ1v) is 9.15. The van der Waals surface area contributed by atoms with E-state index in [2.05, 4.69) is 0 Å². The van der Waals surface area contributed by atoms with Gasteiger partial charge in [0.2, 0.25) is 10.0 Å². The number of sulfonamides is 1. The van der Waals surface area contributed by atoms with Crippen LogP contribution in [-0.2, 0) is 15.9 Å². The van der Waals surface area contributed by atoms with Gasteiger partial charge in [-0.1, -0.05) is 25.4 Å². The van der Waals surface area contributed by atoms with E-state index < -0.39 is 15.8 Å². The van der Waals surface area contributed by atoms with Crippen molar-refractivity contribution in [3.05, 3.63) is 28.5 Å². The number of hydrogen-bond acceptors (Lipinski definition) is 2. The second-order valence-electron chi connectivity index (χ2n) is 5.78. The van der Waals surface area contributed by atoms with Crippen LogP contribution in [0.4, 0.5) is 4.39 Å². The van der Waals surface area contributed by atoms with E-state index in [1.807, 2.05) is 13.8 Å². The van der Waals surface area contributed by atoms with E-state index in [-0.39, 0.29) is 33.2 Å². The number of alkyl halides is 1. The van der Waals surface area contributed by atoms with E-state index in [1.54, 1.807) is 0 Å². The summed E-state index contributed by atoms with van der Waals surface area (Å²) in [4.78, 5) is -0.0821. The zero-order valence-electron chi connectivity index (χ0n) is 11.9. The van der Waals surface area contributed by atoms with Crippen LogP contribution in [0.15, 0.2) is 17.0 Å². The summed E-state index contributed by atoms with van der Waals surface area (Å²) in [5.74, 6) is -0.223. The Morgan fingerprint density at radius 1 is 1.29 bits per heavy atom. The van der Waals surface area contributed by atoms with Gasteiger partial charge in [-0.15, -0.1) is 11.6 Å². The highest BCUT2D eigenvalue weighted by Crippen LogP contribution is 2.30. The van der Waals surface area contributed by atoms with Gasteiger partial charge in [-0.2, -0.15) is 4.31 Å². The highest BCUT2D eigenvalue weighted by atomic mass is 35.5. The topological polar surface area (TPSA) is 37.4 Å². The summed E-state index contributed by atoms with van der Waals surface area (Å²) in [7, 11) is -3.72. The van der Waals surface area contributed by atoms with Gasteiger partial charge in [-0.3, -0.25) is 0 Å². The molecule has 21 heavy (non-hydrogen) atoms. The minimum atomic E-state index is -3.72. The molecule has 118 valence electrons. The Kier molecular flexibility index (Phi) is 5.19. The van der Waals surface area contributed by atoms with Crippen LogP contribution >= 0.6 is 23.2 Å². The van der Waals surface area contributed by atoms with Gasteiger partial charge in [0.15, 0.2) is 0 Å². The van der Waals surface area contributed by atoms with Gasteiger partial charge >= 0.3 is 0 Å². The number of piperidine rings is 1. The molecule has 1 aromatic rings. The lowest BCUT2D eigenvalue weighted by Gasteiger charge is -2.34. The van der Waals surface area contributed by atoms with E-state index in [9.17, 15) is 12.8 Å². The van der Waals surface area contributed by atoms with Crippen molar-refractivity contribution in [3.8, 4) is 0 Å². The molecule has 7 heteroatoms. The number of halogens is 3. The predicted octanol–water partition coefficient (Wildman–Crippen LogP) is 3.88. The maximum absolute atomic E-state index is 13.8. The van der Waals surface area contributed by atoms with Gasteiger partial charge in [0.1, 0.15) is 5.82 Å². The molecule has 1 aliphatic rings. The lowest BCUT2D eigenvalue weighted by atomic mass is 9.94. The normalized spacial score (nSPS) is 24.2. The van der Waals surface area contributed by atoms with Crippen LogP contribution in [-0.4, -0.2) is 25.8 Å². The highest BCUT2D eigenvalue weighted by Gasteiger charge is 2.32. The van der Waals surface area contributed by atoms with Crippen LogP contribution in [0.5, 0.6) is 0 Å². The fourth-order valence-electron chi connectivity index (χ4n) is 2.82. The lowest BCUT2D eigenvalue weighted by Crippen LogP contribution is -2.42. The first-order valence-electron chi connectivity index (χ1n) is 6.79. The molecule has 1 aliphatic heterocycles. The molecule has 2 rings (SSSR count). The van der Waals surface area contributed by atoms with Gasteiger partial charge in [-0.05, 0) is 36.0 Å². The molecule has 2 atom stereocenters. The summed E-state index contributed by atoms with van der Waals surface area (Å²) < 4.78 is 40.6. The average Bonchev–Trinajstić information content (AvgIpc) is 2.40. The fraction of sp³-hybridized carbons (Fsp3) is 0.571. The molecule has 1 aromatic carbocycles. The SMILES string of the molecule is CC1CC(C)CN(S(=O)(=O)c2cc(F)c(Cl)c(CCl)c2)C1. The van der Waals surface area contributed by atoms with Crippen molar-refractivity contribution in [2.24, 2.45) is 11.8 Å². The van der Waals surface area contributed by atoms with Crippen LogP contribution in [0.1, 0.15) is 25.8 Å². The van der Waals surface area contributed by atoms with E-state index >= 15 is 0 Å². The Balaban J connectivity index is 2.42. The Bertz CT molecular complexity index is 626. The Labute approximate surface area is 135 Å². The van der Waals surface area contributed by atoms with Crippen molar-refractivity contribution in [2.45, 2.75) is 31.0 Å². The highest BCUT2D eigenvalue weighted by molar-refractivity contribution is 7.89. The summed E-state index contributed by atoms with van der Waals surface area (Å²) in [5, 5.41) is -0.121. The lowest BCUT2D eigenvalue weighted by molar-refractivity contribution is 0.222. The van der Waals surface area contributed by atoms with Crippen LogP contribution in [0.3, 0.4) is 0 Å². The largest absolute Gasteiger partial charge is 0.243 e. The van der Waals surface area contributed by atoms with Crippen LogP contribution < -0.4 is 0 Å². The van der Waals surface area contributed by atoms with Crippen molar-refractivity contribution in [3.63, 3.8) is 0 Å². The van der Waals surface area contributed by atoms with Crippen molar-refractivity contribution in [1.29, 1.82) is 0 Å². The second kappa shape index (κ2) is 6.41. The van der Waals surface area contributed by atoms with Gasteiger partial charge < -0.3 is 0 Å². The molecule has 0 saturated carbocycles. The van der Waals surface area contributed by atoms with Crippen LogP contribution in [0, 0.1) is 17.7 Å². The van der Waals surface area contributed by atoms with Crippen LogP contribution in [0.2, 0.25) is 5.02 Å². The maximum Gasteiger partial charge on any atom is 0.243 e. The summed E-state index contributed by atoms with van der Waals surface area (Å²) in [6.07, 6.45) is 0.994. The fourth-order valence-corrected chi connectivity index (χ4v) is 5.01. The molecule has 0 bridgehead atoms. The second-order valence-corrected chi connectivity index (χ2v) is 8.36. The van der Waals surface area contributed by atoms with Crippen molar-refractivity contribution >= 4 is 33.2 Å². The molecule has 1 saturated heterocycles. The smallest absolute Gasteiger partial charge is 0.207 e. The average molecular weight is 354 g/mol. The Morgan fingerprint density at radius 2 is 1.86 bits per heavy atom. The van der Waals surface area contributed by atoms with Gasteiger partial charge in [-0.25, -0.2) is 12.8 Å². The number of nitrogens with zero attached hydrogens (tertiary/aromatic N) is 1. The molecule has 0 aromatic heterocycles. The Hall–Kier alpha value is -0.360. The molecule has 0 spiro atoms. The number of hydrogen-bond donors (Lipinski definition) is 0. The van der Waals surface area contributed by atoms with Crippen molar-refractivity contribution in [1.82, 2.24) is 4.31 Å². The number of rotatable bonds is 3. The van der Waals surface area contributed by atoms with Crippen molar-refractivity contribution in [2.75, 3.05) is 13.1 Å². The van der Waals surface area contributed by atoms with E-state index in [4.69, 9.17) is 23.2 Å². The summed E-state index contributed by atoms with van der Waals surface area (Å²) >= 11 is 11.5. The van der Waals surface area contributed by atoms with Crippen molar-refractivity contribution < 1.29 is 12.8 Å². The van der Waals surface area contributed by atoms with E-state index in [1.165, 1.54) is 10.4 Å². The van der Waals surface area contributed by atoms with Gasteiger partial charge in [0, 0.05) is 19.0 Å². The van der Waals surface area contributed by atoms with Gasteiger partial charge in [0.05, 0.1) is 9.92 Å². The van der Waals surface area contributed by atoms with E-state index in [0.717, 1.165) is 12.5 Å². The zero-order valence-corrected chi connectivity index (χ0v) is 14.3.